The van der Waals surface area contributed by atoms with Crippen molar-refractivity contribution in [2.24, 2.45) is 4.99 Å². The van der Waals surface area contributed by atoms with Crippen LogP contribution in [-0.2, 0) is 16.6 Å². The third kappa shape index (κ3) is 7.63. The molecule has 0 heterocycles. The van der Waals surface area contributed by atoms with Crippen molar-refractivity contribution in [1.82, 2.24) is 14.9 Å². The van der Waals surface area contributed by atoms with Gasteiger partial charge in [-0.2, -0.15) is 0 Å². The van der Waals surface area contributed by atoms with Crippen LogP contribution < -0.4 is 10.0 Å². The van der Waals surface area contributed by atoms with Gasteiger partial charge in [0.05, 0.1) is 6.26 Å². The van der Waals surface area contributed by atoms with Crippen LogP contribution in [0.25, 0.3) is 0 Å². The number of halogens is 1. The highest BCUT2D eigenvalue weighted by atomic mass is 35.5. The molecular formula is C14H23ClN4O2S. The fourth-order valence-electron chi connectivity index (χ4n) is 1.91. The van der Waals surface area contributed by atoms with Gasteiger partial charge >= 0.3 is 0 Å². The molecule has 0 aliphatic carbocycles. The Morgan fingerprint density at radius 3 is 2.68 bits per heavy atom. The van der Waals surface area contributed by atoms with E-state index in [4.69, 9.17) is 11.6 Å². The van der Waals surface area contributed by atoms with Crippen LogP contribution in [-0.4, -0.2) is 52.7 Å². The SMILES string of the molecule is CN=C(NCCCNS(C)(=O)=O)N(C)Cc1cccc(Cl)c1. The first kappa shape index (κ1) is 18.7. The van der Waals surface area contributed by atoms with E-state index in [1.165, 1.54) is 0 Å². The van der Waals surface area contributed by atoms with Crippen molar-refractivity contribution in [3.8, 4) is 0 Å². The minimum Gasteiger partial charge on any atom is -0.356 e. The highest BCUT2D eigenvalue weighted by molar-refractivity contribution is 7.88. The van der Waals surface area contributed by atoms with E-state index in [1.807, 2.05) is 36.2 Å². The van der Waals surface area contributed by atoms with Gasteiger partial charge in [0.2, 0.25) is 10.0 Å². The quantitative estimate of drug-likeness (QED) is 0.443. The van der Waals surface area contributed by atoms with Crippen LogP contribution >= 0.6 is 11.6 Å². The zero-order chi connectivity index (χ0) is 16.6. The maximum Gasteiger partial charge on any atom is 0.208 e. The molecule has 1 rings (SSSR count). The molecule has 0 aromatic heterocycles. The molecule has 0 atom stereocenters. The fraction of sp³-hybridized carbons (Fsp3) is 0.500. The molecule has 0 amide bonds. The van der Waals surface area contributed by atoms with Gasteiger partial charge in [-0.05, 0) is 24.1 Å². The van der Waals surface area contributed by atoms with Crippen molar-refractivity contribution in [3.63, 3.8) is 0 Å². The summed E-state index contributed by atoms with van der Waals surface area (Å²) < 4.78 is 24.4. The van der Waals surface area contributed by atoms with Gasteiger partial charge in [-0.1, -0.05) is 23.7 Å². The molecular weight excluding hydrogens is 324 g/mol. The van der Waals surface area contributed by atoms with Crippen molar-refractivity contribution in [2.45, 2.75) is 13.0 Å². The Hall–Kier alpha value is -1.31. The van der Waals surface area contributed by atoms with Gasteiger partial charge in [-0.3, -0.25) is 4.99 Å². The molecule has 0 bridgehead atoms. The minimum atomic E-state index is -3.12. The van der Waals surface area contributed by atoms with E-state index in [0.717, 1.165) is 17.8 Å². The molecule has 6 nitrogen and oxygen atoms in total. The normalized spacial score (nSPS) is 12.3. The molecule has 0 radical (unpaired) electrons. The zero-order valence-corrected chi connectivity index (χ0v) is 14.7. The van der Waals surface area contributed by atoms with Crippen LogP contribution in [0.3, 0.4) is 0 Å². The molecule has 2 N–H and O–H groups in total. The standard InChI is InChI=1S/C14H23ClN4O2S/c1-16-14(17-8-5-9-18-22(3,20)21)19(2)11-12-6-4-7-13(15)10-12/h4,6-7,10,18H,5,8-9,11H2,1-3H3,(H,16,17). The molecule has 0 aliphatic heterocycles. The monoisotopic (exact) mass is 346 g/mol. The Balaban J connectivity index is 2.40. The lowest BCUT2D eigenvalue weighted by atomic mass is 10.2. The van der Waals surface area contributed by atoms with E-state index in [1.54, 1.807) is 7.05 Å². The van der Waals surface area contributed by atoms with Crippen molar-refractivity contribution >= 4 is 27.6 Å². The Morgan fingerprint density at radius 1 is 1.36 bits per heavy atom. The molecule has 8 heteroatoms. The summed E-state index contributed by atoms with van der Waals surface area (Å²) in [6.07, 6.45) is 1.83. The smallest absolute Gasteiger partial charge is 0.208 e. The second kappa shape index (κ2) is 8.97. The molecule has 0 saturated carbocycles. The maximum atomic E-state index is 10.9. The first-order valence-electron chi connectivity index (χ1n) is 6.92. The van der Waals surface area contributed by atoms with Gasteiger partial charge in [0, 0.05) is 38.8 Å². The van der Waals surface area contributed by atoms with Gasteiger partial charge in [0.15, 0.2) is 5.96 Å². The summed E-state index contributed by atoms with van der Waals surface area (Å²) in [5, 5.41) is 3.91. The summed E-state index contributed by atoms with van der Waals surface area (Å²) in [5.41, 5.74) is 1.09. The lowest BCUT2D eigenvalue weighted by molar-refractivity contribution is 0.475. The zero-order valence-electron chi connectivity index (χ0n) is 13.1. The predicted octanol–water partition coefficient (Wildman–Crippen LogP) is 1.29. The van der Waals surface area contributed by atoms with Crippen LogP contribution in [0.15, 0.2) is 29.3 Å². The average molecular weight is 347 g/mol. The van der Waals surface area contributed by atoms with Crippen LogP contribution in [0.5, 0.6) is 0 Å². The highest BCUT2D eigenvalue weighted by Crippen LogP contribution is 2.12. The molecule has 1 aromatic carbocycles. The van der Waals surface area contributed by atoms with E-state index < -0.39 is 10.0 Å². The molecule has 0 unspecified atom stereocenters. The van der Waals surface area contributed by atoms with E-state index in [2.05, 4.69) is 15.0 Å². The second-order valence-electron chi connectivity index (χ2n) is 4.98. The predicted molar refractivity (Wildman–Crippen MR) is 91.7 cm³/mol. The van der Waals surface area contributed by atoms with Crippen molar-refractivity contribution in [1.29, 1.82) is 0 Å². The second-order valence-corrected chi connectivity index (χ2v) is 7.25. The summed E-state index contributed by atoms with van der Waals surface area (Å²) in [6, 6.07) is 7.68. The van der Waals surface area contributed by atoms with Crippen molar-refractivity contribution < 1.29 is 8.42 Å². The fourth-order valence-corrected chi connectivity index (χ4v) is 2.64. The van der Waals surface area contributed by atoms with E-state index in [9.17, 15) is 8.42 Å². The lowest BCUT2D eigenvalue weighted by Gasteiger charge is -2.22. The molecule has 0 aliphatic rings. The highest BCUT2D eigenvalue weighted by Gasteiger charge is 2.06. The summed E-state index contributed by atoms with van der Waals surface area (Å²) >= 11 is 5.98. The lowest BCUT2D eigenvalue weighted by Crippen LogP contribution is -2.39. The number of benzene rings is 1. The third-order valence-corrected chi connectivity index (χ3v) is 3.85. The maximum absolute atomic E-state index is 10.9. The van der Waals surface area contributed by atoms with Gasteiger partial charge in [-0.25, -0.2) is 13.1 Å². The number of aliphatic imine (C=N–C) groups is 1. The Morgan fingerprint density at radius 2 is 2.09 bits per heavy atom. The summed E-state index contributed by atoms with van der Waals surface area (Å²) in [7, 11) is 0.527. The first-order chi connectivity index (χ1) is 10.3. The molecule has 0 saturated heterocycles. The Bertz CT molecular complexity index is 605. The largest absolute Gasteiger partial charge is 0.356 e. The number of hydrogen-bond donors (Lipinski definition) is 2. The van der Waals surface area contributed by atoms with E-state index in [0.29, 0.717) is 31.1 Å². The first-order valence-corrected chi connectivity index (χ1v) is 9.19. The molecule has 22 heavy (non-hydrogen) atoms. The van der Waals surface area contributed by atoms with Crippen LogP contribution in [0.1, 0.15) is 12.0 Å². The van der Waals surface area contributed by atoms with Gasteiger partial charge in [0.1, 0.15) is 0 Å². The molecule has 124 valence electrons. The van der Waals surface area contributed by atoms with E-state index >= 15 is 0 Å². The number of hydrogen-bond acceptors (Lipinski definition) is 3. The Labute approximate surface area is 137 Å². The number of sulfonamides is 1. The summed E-state index contributed by atoms with van der Waals surface area (Å²) in [4.78, 5) is 6.19. The number of rotatable bonds is 7. The summed E-state index contributed by atoms with van der Waals surface area (Å²) in [6.45, 7) is 1.72. The van der Waals surface area contributed by atoms with Crippen LogP contribution in [0.2, 0.25) is 5.02 Å². The Kier molecular flexibility index (Phi) is 7.64. The summed E-state index contributed by atoms with van der Waals surface area (Å²) in [5.74, 6) is 0.749. The third-order valence-electron chi connectivity index (χ3n) is 2.88. The van der Waals surface area contributed by atoms with Crippen molar-refractivity contribution in [3.05, 3.63) is 34.9 Å². The topological polar surface area (TPSA) is 73.8 Å². The number of nitrogens with zero attached hydrogens (tertiary/aromatic N) is 2. The molecule has 0 spiro atoms. The van der Waals surface area contributed by atoms with E-state index in [-0.39, 0.29) is 0 Å². The van der Waals surface area contributed by atoms with Gasteiger partial charge in [0.25, 0.3) is 0 Å². The number of nitrogens with one attached hydrogen (secondary N) is 2. The average Bonchev–Trinajstić information content (AvgIpc) is 2.41. The number of guanidine groups is 1. The van der Waals surface area contributed by atoms with Gasteiger partial charge in [-0.15, -0.1) is 0 Å². The minimum absolute atomic E-state index is 0.404. The molecule has 1 aromatic rings. The van der Waals surface area contributed by atoms with Crippen LogP contribution in [0, 0.1) is 0 Å². The van der Waals surface area contributed by atoms with Crippen molar-refractivity contribution in [2.75, 3.05) is 33.4 Å². The molecule has 0 fully saturated rings. The van der Waals surface area contributed by atoms with Crippen LogP contribution in [0.4, 0.5) is 0 Å². The van der Waals surface area contributed by atoms with Gasteiger partial charge < -0.3 is 10.2 Å².